The molecule has 1 atom stereocenters. The van der Waals surface area contributed by atoms with Crippen molar-refractivity contribution < 1.29 is 9.18 Å². The summed E-state index contributed by atoms with van der Waals surface area (Å²) in [6.45, 7) is 2.46. The highest BCUT2D eigenvalue weighted by Gasteiger charge is 2.35. The molecule has 1 unspecified atom stereocenters. The first kappa shape index (κ1) is 9.84. The fourth-order valence-electron chi connectivity index (χ4n) is 1.41. The van der Waals surface area contributed by atoms with Gasteiger partial charge in [-0.2, -0.15) is 0 Å². The number of nitrogens with zero attached hydrogens (tertiary/aromatic N) is 1. The van der Waals surface area contributed by atoms with Crippen LogP contribution in [0.4, 0.5) is 4.39 Å². The van der Waals surface area contributed by atoms with Gasteiger partial charge in [0.15, 0.2) is 5.00 Å². The average Bonchev–Trinajstić information content (AvgIpc) is 2.05. The van der Waals surface area contributed by atoms with Crippen molar-refractivity contribution in [1.29, 1.82) is 0 Å². The summed E-state index contributed by atoms with van der Waals surface area (Å²) in [5, 5.41) is -1.20. The molecule has 1 amide bonds. The van der Waals surface area contributed by atoms with Gasteiger partial charge in [-0.1, -0.05) is 0 Å². The molecule has 0 aliphatic carbocycles. The Morgan fingerprint density at radius 2 is 2.33 bits per heavy atom. The summed E-state index contributed by atoms with van der Waals surface area (Å²) in [6.07, 6.45) is 3.10. The van der Waals surface area contributed by atoms with Crippen LogP contribution in [0.2, 0.25) is 0 Å². The number of amides is 1. The second-order valence-corrected chi connectivity index (χ2v) is 4.27. The number of carbonyl (C=O) groups excluding carboxylic acids is 1. The first-order valence-corrected chi connectivity index (χ1v) is 5.29. The topological polar surface area (TPSA) is 20.3 Å². The van der Waals surface area contributed by atoms with Crippen LogP contribution >= 0.6 is 11.8 Å². The monoisotopic (exact) mass is 191 g/mol. The predicted molar refractivity (Wildman–Crippen MR) is 48.8 cm³/mol. The van der Waals surface area contributed by atoms with Crippen LogP contribution in [0.15, 0.2) is 0 Å². The normalized spacial score (nSPS) is 30.4. The lowest BCUT2D eigenvalue weighted by Crippen LogP contribution is -2.45. The Morgan fingerprint density at radius 3 is 2.83 bits per heavy atom. The second kappa shape index (κ2) is 3.64. The van der Waals surface area contributed by atoms with E-state index in [-0.39, 0.29) is 12.5 Å². The first-order valence-electron chi connectivity index (χ1n) is 4.07. The number of thioether (sulfide) groups is 1. The van der Waals surface area contributed by atoms with Crippen molar-refractivity contribution in [3.63, 3.8) is 0 Å². The lowest BCUT2D eigenvalue weighted by Gasteiger charge is -2.35. The van der Waals surface area contributed by atoms with E-state index >= 15 is 0 Å². The Hall–Kier alpha value is -0.250. The zero-order valence-electron chi connectivity index (χ0n) is 7.47. The molecule has 1 fully saturated rings. The number of halogens is 1. The summed E-state index contributed by atoms with van der Waals surface area (Å²) in [5.41, 5.74) is 0. The van der Waals surface area contributed by atoms with Crippen LogP contribution in [-0.4, -0.2) is 35.2 Å². The number of carbonyl (C=O) groups is 1. The van der Waals surface area contributed by atoms with Crippen LogP contribution in [0.1, 0.15) is 19.8 Å². The predicted octanol–water partition coefficient (Wildman–Crippen LogP) is 1.66. The minimum absolute atomic E-state index is 0.0224. The maximum Gasteiger partial charge on any atom is 0.219 e. The molecule has 0 saturated carbocycles. The van der Waals surface area contributed by atoms with E-state index in [0.29, 0.717) is 13.0 Å². The fraction of sp³-hybridized carbons (Fsp3) is 0.875. The Kier molecular flexibility index (Phi) is 2.99. The molecule has 1 rings (SSSR count). The summed E-state index contributed by atoms with van der Waals surface area (Å²) in [7, 11) is 0. The van der Waals surface area contributed by atoms with Gasteiger partial charge in [0, 0.05) is 13.5 Å². The van der Waals surface area contributed by atoms with Gasteiger partial charge >= 0.3 is 0 Å². The van der Waals surface area contributed by atoms with Crippen LogP contribution in [0.25, 0.3) is 0 Å². The Labute approximate surface area is 76.5 Å². The number of piperidine rings is 1. The zero-order chi connectivity index (χ0) is 9.19. The largest absolute Gasteiger partial charge is 0.339 e. The number of rotatable bonds is 1. The molecular weight excluding hydrogens is 177 g/mol. The molecule has 4 heteroatoms. The van der Waals surface area contributed by atoms with Crippen LogP contribution in [0.5, 0.6) is 0 Å². The third-order valence-electron chi connectivity index (χ3n) is 2.22. The number of hydrogen-bond donors (Lipinski definition) is 0. The molecule has 0 N–H and O–H groups in total. The summed E-state index contributed by atoms with van der Waals surface area (Å²) in [4.78, 5) is 12.5. The van der Waals surface area contributed by atoms with Crippen LogP contribution in [0, 0.1) is 0 Å². The third kappa shape index (κ3) is 2.12. The number of hydrogen-bond acceptors (Lipinski definition) is 2. The molecule has 0 aromatic heterocycles. The Bertz CT molecular complexity index is 188. The minimum atomic E-state index is -1.20. The van der Waals surface area contributed by atoms with Crippen LogP contribution in [0.3, 0.4) is 0 Å². The van der Waals surface area contributed by atoms with Crippen molar-refractivity contribution in [2.45, 2.75) is 24.8 Å². The Balaban J connectivity index is 2.57. The molecule has 1 heterocycles. The summed E-state index contributed by atoms with van der Waals surface area (Å²) >= 11 is 1.21. The lowest BCUT2D eigenvalue weighted by molar-refractivity contribution is -0.131. The van der Waals surface area contributed by atoms with Gasteiger partial charge in [-0.25, -0.2) is 4.39 Å². The van der Waals surface area contributed by atoms with E-state index < -0.39 is 5.00 Å². The highest BCUT2D eigenvalue weighted by molar-refractivity contribution is 7.99. The van der Waals surface area contributed by atoms with Crippen LogP contribution in [-0.2, 0) is 4.79 Å². The molecule has 0 aromatic rings. The van der Waals surface area contributed by atoms with Crippen molar-refractivity contribution in [2.24, 2.45) is 0 Å². The molecular formula is C8H14FNOS. The van der Waals surface area contributed by atoms with Gasteiger partial charge < -0.3 is 4.90 Å². The highest BCUT2D eigenvalue weighted by atomic mass is 32.2. The van der Waals surface area contributed by atoms with Crippen molar-refractivity contribution in [2.75, 3.05) is 19.3 Å². The van der Waals surface area contributed by atoms with Gasteiger partial charge in [0.25, 0.3) is 0 Å². The van der Waals surface area contributed by atoms with E-state index in [1.54, 1.807) is 11.2 Å². The van der Waals surface area contributed by atoms with Gasteiger partial charge in [-0.3, -0.25) is 4.79 Å². The molecule has 1 aliphatic rings. The second-order valence-electron chi connectivity index (χ2n) is 3.13. The van der Waals surface area contributed by atoms with E-state index in [1.807, 2.05) is 0 Å². The molecule has 0 radical (unpaired) electrons. The van der Waals surface area contributed by atoms with Gasteiger partial charge in [0.05, 0.1) is 6.54 Å². The van der Waals surface area contributed by atoms with Crippen molar-refractivity contribution in [3.05, 3.63) is 0 Å². The summed E-state index contributed by atoms with van der Waals surface area (Å²) in [5.74, 6) is -0.0224. The Morgan fingerprint density at radius 1 is 1.67 bits per heavy atom. The smallest absolute Gasteiger partial charge is 0.219 e. The molecule has 0 bridgehead atoms. The van der Waals surface area contributed by atoms with Gasteiger partial charge in [-0.15, -0.1) is 11.8 Å². The molecule has 2 nitrogen and oxygen atoms in total. The fourth-order valence-corrected chi connectivity index (χ4v) is 2.05. The van der Waals surface area contributed by atoms with E-state index in [4.69, 9.17) is 0 Å². The van der Waals surface area contributed by atoms with Crippen molar-refractivity contribution >= 4 is 17.7 Å². The SMILES string of the molecule is CSC1(F)CCCN(C(C)=O)C1. The van der Waals surface area contributed by atoms with Crippen molar-refractivity contribution in [1.82, 2.24) is 4.90 Å². The van der Waals surface area contributed by atoms with Gasteiger partial charge in [0.2, 0.25) is 5.91 Å². The summed E-state index contributed by atoms with van der Waals surface area (Å²) in [6, 6.07) is 0. The van der Waals surface area contributed by atoms with Crippen molar-refractivity contribution in [3.8, 4) is 0 Å². The molecule has 1 saturated heterocycles. The number of alkyl halides is 1. The molecule has 70 valence electrons. The quantitative estimate of drug-likeness (QED) is 0.628. The highest BCUT2D eigenvalue weighted by Crippen LogP contribution is 2.34. The van der Waals surface area contributed by atoms with E-state index in [1.165, 1.54) is 18.7 Å². The maximum absolute atomic E-state index is 13.7. The maximum atomic E-state index is 13.7. The molecule has 12 heavy (non-hydrogen) atoms. The standard InChI is InChI=1S/C8H14FNOS/c1-7(11)10-5-3-4-8(9,6-10)12-2/h3-6H2,1-2H3. The average molecular weight is 191 g/mol. The van der Waals surface area contributed by atoms with E-state index in [0.717, 1.165) is 6.42 Å². The van der Waals surface area contributed by atoms with E-state index in [9.17, 15) is 9.18 Å². The zero-order valence-corrected chi connectivity index (χ0v) is 8.29. The molecule has 0 spiro atoms. The lowest BCUT2D eigenvalue weighted by atomic mass is 10.1. The van der Waals surface area contributed by atoms with Gasteiger partial charge in [-0.05, 0) is 19.1 Å². The third-order valence-corrected chi connectivity index (χ3v) is 3.28. The molecule has 0 aromatic carbocycles. The number of likely N-dealkylation sites (tertiary alicyclic amines) is 1. The van der Waals surface area contributed by atoms with E-state index in [2.05, 4.69) is 0 Å². The molecule has 1 aliphatic heterocycles. The summed E-state index contributed by atoms with van der Waals surface area (Å²) < 4.78 is 13.7. The van der Waals surface area contributed by atoms with Crippen LogP contribution < -0.4 is 0 Å². The minimum Gasteiger partial charge on any atom is -0.339 e. The van der Waals surface area contributed by atoms with Gasteiger partial charge in [0.1, 0.15) is 0 Å². The first-order chi connectivity index (χ1) is 5.57.